The van der Waals surface area contributed by atoms with Gasteiger partial charge in [-0.15, -0.1) is 0 Å². The van der Waals surface area contributed by atoms with Crippen molar-refractivity contribution >= 4 is 17.4 Å². The molecule has 1 aromatic heterocycles. The Kier molecular flexibility index (Phi) is 5.11. The molecule has 0 unspecified atom stereocenters. The number of anilines is 2. The number of piperidine rings is 1. The summed E-state index contributed by atoms with van der Waals surface area (Å²) in [4.78, 5) is 22.3. The fourth-order valence-corrected chi connectivity index (χ4v) is 3.03. The first-order valence-corrected chi connectivity index (χ1v) is 8.43. The molecular formula is C18H21FN4O2. The molecule has 0 spiro atoms. The lowest BCUT2D eigenvalue weighted by Gasteiger charge is -2.32. The van der Waals surface area contributed by atoms with E-state index in [-0.39, 0.29) is 23.4 Å². The number of halogens is 1. The average molecular weight is 344 g/mol. The summed E-state index contributed by atoms with van der Waals surface area (Å²) in [6.45, 7) is 2.96. The van der Waals surface area contributed by atoms with Crippen LogP contribution in [0.15, 0.2) is 30.6 Å². The van der Waals surface area contributed by atoms with E-state index in [1.54, 1.807) is 18.2 Å². The molecule has 0 atom stereocenters. The molecule has 0 saturated carbocycles. The molecule has 25 heavy (non-hydrogen) atoms. The van der Waals surface area contributed by atoms with Crippen molar-refractivity contribution in [2.24, 2.45) is 5.92 Å². The van der Waals surface area contributed by atoms with Crippen LogP contribution in [0.4, 0.5) is 15.9 Å². The summed E-state index contributed by atoms with van der Waals surface area (Å²) in [5.41, 5.74) is 0.814. The van der Waals surface area contributed by atoms with Crippen molar-refractivity contribution in [2.75, 3.05) is 23.3 Å². The largest absolute Gasteiger partial charge is 0.506 e. The van der Waals surface area contributed by atoms with Gasteiger partial charge in [0.2, 0.25) is 5.91 Å². The zero-order valence-electron chi connectivity index (χ0n) is 14.1. The van der Waals surface area contributed by atoms with Crippen molar-refractivity contribution in [3.8, 4) is 5.75 Å². The minimum atomic E-state index is -0.373. The quantitative estimate of drug-likeness (QED) is 0.834. The van der Waals surface area contributed by atoms with Gasteiger partial charge in [0.15, 0.2) is 11.6 Å². The number of aromatic nitrogens is 2. The Bertz CT molecular complexity index is 760. The predicted octanol–water partition coefficient (Wildman–Crippen LogP) is 2.74. The third-order valence-corrected chi connectivity index (χ3v) is 4.51. The number of hydrogen-bond acceptors (Lipinski definition) is 5. The fraction of sp³-hybridized carbons (Fsp3) is 0.389. The van der Waals surface area contributed by atoms with Crippen LogP contribution in [0.1, 0.15) is 25.5 Å². The smallest absolute Gasteiger partial charge is 0.227 e. The number of rotatable bonds is 4. The molecular weight excluding hydrogens is 323 g/mol. The molecule has 2 N–H and O–H groups in total. The number of aryl methyl sites for hydroxylation is 1. The van der Waals surface area contributed by atoms with Crippen LogP contribution in [0.3, 0.4) is 0 Å². The Hall–Kier alpha value is -2.70. The maximum absolute atomic E-state index is 14.4. The van der Waals surface area contributed by atoms with E-state index < -0.39 is 0 Å². The van der Waals surface area contributed by atoms with Gasteiger partial charge in [0.25, 0.3) is 0 Å². The van der Waals surface area contributed by atoms with Crippen molar-refractivity contribution in [3.05, 3.63) is 42.1 Å². The number of phenolic OH excluding ortho intramolecular Hbond substituents is 1. The molecule has 0 aliphatic carbocycles. The lowest BCUT2D eigenvalue weighted by atomic mass is 9.95. The van der Waals surface area contributed by atoms with Gasteiger partial charge in [-0.25, -0.2) is 14.4 Å². The van der Waals surface area contributed by atoms with Crippen molar-refractivity contribution < 1.29 is 14.3 Å². The standard InChI is InChI=1S/C18H21FN4O2/c1-2-13-16(19)17(21-11-20-13)23-9-7-12(8-10-23)18(25)22-14-5-3-4-6-15(14)24/h3-6,11-12,24H,2,7-10H2,1H3,(H,22,25). The summed E-state index contributed by atoms with van der Waals surface area (Å²) in [5, 5.41) is 12.5. The number of benzene rings is 1. The third-order valence-electron chi connectivity index (χ3n) is 4.51. The Morgan fingerprint density at radius 1 is 1.32 bits per heavy atom. The molecule has 1 saturated heterocycles. The second-order valence-corrected chi connectivity index (χ2v) is 6.08. The average Bonchev–Trinajstić information content (AvgIpc) is 2.64. The van der Waals surface area contributed by atoms with E-state index in [4.69, 9.17) is 0 Å². The number of para-hydroxylation sites is 2. The summed E-state index contributed by atoms with van der Waals surface area (Å²) in [7, 11) is 0. The van der Waals surface area contributed by atoms with Crippen LogP contribution >= 0.6 is 0 Å². The number of amides is 1. The number of nitrogens with one attached hydrogen (secondary N) is 1. The van der Waals surface area contributed by atoms with Crippen molar-refractivity contribution in [2.45, 2.75) is 26.2 Å². The zero-order chi connectivity index (χ0) is 17.8. The first-order valence-electron chi connectivity index (χ1n) is 8.43. The lowest BCUT2D eigenvalue weighted by molar-refractivity contribution is -0.120. The molecule has 0 radical (unpaired) electrons. The fourth-order valence-electron chi connectivity index (χ4n) is 3.03. The van der Waals surface area contributed by atoms with Crippen LogP contribution in [-0.2, 0) is 11.2 Å². The zero-order valence-corrected chi connectivity index (χ0v) is 14.1. The van der Waals surface area contributed by atoms with Gasteiger partial charge < -0.3 is 15.3 Å². The number of aromatic hydroxyl groups is 1. The van der Waals surface area contributed by atoms with Crippen molar-refractivity contribution in [1.29, 1.82) is 0 Å². The Balaban J connectivity index is 1.62. The Morgan fingerprint density at radius 3 is 2.72 bits per heavy atom. The molecule has 1 aliphatic heterocycles. The molecule has 2 heterocycles. The van der Waals surface area contributed by atoms with Gasteiger partial charge in [0.05, 0.1) is 11.4 Å². The van der Waals surface area contributed by atoms with Gasteiger partial charge in [-0.1, -0.05) is 19.1 Å². The summed E-state index contributed by atoms with van der Waals surface area (Å²) >= 11 is 0. The number of phenols is 1. The predicted molar refractivity (Wildman–Crippen MR) is 93.0 cm³/mol. The van der Waals surface area contributed by atoms with Crippen LogP contribution in [0, 0.1) is 11.7 Å². The first kappa shape index (κ1) is 17.1. The number of hydrogen-bond donors (Lipinski definition) is 2. The summed E-state index contributed by atoms with van der Waals surface area (Å²) in [5.74, 6) is -0.318. The summed E-state index contributed by atoms with van der Waals surface area (Å²) < 4.78 is 14.4. The Labute approximate surface area is 145 Å². The van der Waals surface area contributed by atoms with Crippen LogP contribution in [0.2, 0.25) is 0 Å². The van der Waals surface area contributed by atoms with E-state index in [1.807, 2.05) is 11.8 Å². The van der Waals surface area contributed by atoms with Crippen LogP contribution < -0.4 is 10.2 Å². The van der Waals surface area contributed by atoms with E-state index in [0.717, 1.165) is 0 Å². The highest BCUT2D eigenvalue weighted by Gasteiger charge is 2.27. The molecule has 2 aromatic rings. The van der Waals surface area contributed by atoms with Gasteiger partial charge in [-0.2, -0.15) is 0 Å². The summed E-state index contributed by atoms with van der Waals surface area (Å²) in [6, 6.07) is 6.64. The van der Waals surface area contributed by atoms with E-state index in [2.05, 4.69) is 15.3 Å². The highest BCUT2D eigenvalue weighted by atomic mass is 19.1. The molecule has 132 valence electrons. The molecule has 3 rings (SSSR count). The molecule has 1 fully saturated rings. The Morgan fingerprint density at radius 2 is 2.04 bits per heavy atom. The van der Waals surface area contributed by atoms with Gasteiger partial charge in [-0.3, -0.25) is 4.79 Å². The minimum Gasteiger partial charge on any atom is -0.506 e. The van der Waals surface area contributed by atoms with Gasteiger partial charge >= 0.3 is 0 Å². The van der Waals surface area contributed by atoms with Crippen LogP contribution in [0.25, 0.3) is 0 Å². The van der Waals surface area contributed by atoms with Gasteiger partial charge in [0.1, 0.15) is 12.1 Å². The molecule has 0 bridgehead atoms. The minimum absolute atomic E-state index is 0.0448. The maximum Gasteiger partial charge on any atom is 0.227 e. The topological polar surface area (TPSA) is 78.4 Å². The van der Waals surface area contributed by atoms with Gasteiger partial charge in [-0.05, 0) is 31.4 Å². The third kappa shape index (κ3) is 3.70. The van der Waals surface area contributed by atoms with E-state index >= 15 is 0 Å². The molecule has 6 nitrogen and oxygen atoms in total. The highest BCUT2D eigenvalue weighted by Crippen LogP contribution is 2.27. The van der Waals surface area contributed by atoms with Gasteiger partial charge in [0, 0.05) is 19.0 Å². The second kappa shape index (κ2) is 7.46. The van der Waals surface area contributed by atoms with Crippen molar-refractivity contribution in [1.82, 2.24) is 9.97 Å². The van der Waals surface area contributed by atoms with E-state index in [1.165, 1.54) is 12.4 Å². The molecule has 1 aliphatic rings. The maximum atomic E-state index is 14.4. The molecule has 7 heteroatoms. The molecule has 1 aromatic carbocycles. The normalized spacial score (nSPS) is 15.2. The monoisotopic (exact) mass is 344 g/mol. The summed E-state index contributed by atoms with van der Waals surface area (Å²) in [6.07, 6.45) is 3.10. The SMILES string of the molecule is CCc1ncnc(N2CCC(C(=O)Nc3ccccc3O)CC2)c1F. The van der Waals surface area contributed by atoms with E-state index in [9.17, 15) is 14.3 Å². The van der Waals surface area contributed by atoms with E-state index in [0.29, 0.717) is 49.6 Å². The number of carbonyl (C=O) groups is 1. The highest BCUT2D eigenvalue weighted by molar-refractivity contribution is 5.94. The van der Waals surface area contributed by atoms with Crippen LogP contribution in [-0.4, -0.2) is 34.1 Å². The first-order chi connectivity index (χ1) is 12.1. The van der Waals surface area contributed by atoms with Crippen molar-refractivity contribution in [3.63, 3.8) is 0 Å². The number of carbonyl (C=O) groups excluding carboxylic acids is 1. The number of nitrogens with zero attached hydrogens (tertiary/aromatic N) is 3. The molecule has 1 amide bonds. The van der Waals surface area contributed by atoms with Crippen LogP contribution in [0.5, 0.6) is 5.75 Å². The second-order valence-electron chi connectivity index (χ2n) is 6.08. The lowest BCUT2D eigenvalue weighted by Crippen LogP contribution is -2.39.